The summed E-state index contributed by atoms with van der Waals surface area (Å²) in [6.45, 7) is 4.28. The number of likely N-dealkylation sites (tertiary alicyclic amines) is 1. The molecule has 0 atom stereocenters. The highest BCUT2D eigenvalue weighted by molar-refractivity contribution is 5.98. The molecule has 9 heteroatoms. The second-order valence-corrected chi connectivity index (χ2v) is 11.1. The summed E-state index contributed by atoms with van der Waals surface area (Å²) in [7, 11) is 3.18. The minimum atomic E-state index is -0.520. The highest BCUT2D eigenvalue weighted by Gasteiger charge is 2.53. The van der Waals surface area contributed by atoms with E-state index in [9.17, 15) is 14.4 Å². The molecule has 0 saturated carbocycles. The number of amides is 1. The Hall–Kier alpha value is -4.50. The van der Waals surface area contributed by atoms with Crippen LogP contribution in [0.25, 0.3) is 22.4 Å². The van der Waals surface area contributed by atoms with Gasteiger partial charge in [-0.2, -0.15) is 0 Å². The first-order chi connectivity index (χ1) is 19.4. The normalized spacial score (nSPS) is 17.8. The number of rotatable bonds is 6. The van der Waals surface area contributed by atoms with E-state index in [0.29, 0.717) is 17.3 Å². The van der Waals surface area contributed by atoms with Crippen molar-refractivity contribution in [2.75, 3.05) is 56.7 Å². The summed E-state index contributed by atoms with van der Waals surface area (Å²) in [6, 6.07) is 20.5. The van der Waals surface area contributed by atoms with Crippen molar-refractivity contribution in [3.8, 4) is 34.0 Å². The van der Waals surface area contributed by atoms with Gasteiger partial charge < -0.3 is 19.3 Å². The first-order valence-corrected chi connectivity index (χ1v) is 13.3. The van der Waals surface area contributed by atoms with Gasteiger partial charge in [0.15, 0.2) is 12.4 Å². The number of likely N-dealkylation sites (N-methyl/N-ethyl adjacent to an activating group) is 1. The van der Waals surface area contributed by atoms with Gasteiger partial charge in [0.1, 0.15) is 11.4 Å². The van der Waals surface area contributed by atoms with Gasteiger partial charge in [-0.3, -0.25) is 19.3 Å². The molecular formula is C31H28N4O5. The molecule has 2 fully saturated rings. The molecule has 0 aliphatic carbocycles. The Labute approximate surface area is 230 Å². The summed E-state index contributed by atoms with van der Waals surface area (Å²) in [4.78, 5) is 46.7. The van der Waals surface area contributed by atoms with Crippen LogP contribution < -0.4 is 30.1 Å². The van der Waals surface area contributed by atoms with E-state index in [1.165, 1.54) is 12.7 Å². The molecule has 4 heterocycles. The topological polar surface area (TPSA) is 92.3 Å². The number of methoxy groups -OCH3 is 1. The summed E-state index contributed by atoms with van der Waals surface area (Å²) in [5.41, 5.74) is 5.29. The second kappa shape index (κ2) is 9.02. The highest BCUT2D eigenvalue weighted by Crippen LogP contribution is 2.44. The summed E-state index contributed by atoms with van der Waals surface area (Å²) in [5, 5.41) is 0. The van der Waals surface area contributed by atoms with Gasteiger partial charge in [-0.1, -0.05) is 54.6 Å². The lowest BCUT2D eigenvalue weighted by Crippen LogP contribution is -2.73. The molecule has 7 rings (SSSR count). The molecule has 9 nitrogen and oxygen atoms in total. The van der Waals surface area contributed by atoms with E-state index in [4.69, 9.17) is 14.5 Å². The van der Waals surface area contributed by atoms with Crippen molar-refractivity contribution in [2.45, 2.75) is 6.54 Å². The van der Waals surface area contributed by atoms with Crippen LogP contribution in [0.4, 0.5) is 11.4 Å². The van der Waals surface area contributed by atoms with Crippen LogP contribution in [0.1, 0.15) is 5.56 Å². The van der Waals surface area contributed by atoms with Gasteiger partial charge in [-0.25, -0.2) is 4.98 Å². The van der Waals surface area contributed by atoms with Gasteiger partial charge in [0.2, 0.25) is 5.88 Å². The van der Waals surface area contributed by atoms with E-state index in [1.807, 2.05) is 41.3 Å². The van der Waals surface area contributed by atoms with Crippen molar-refractivity contribution in [3.05, 3.63) is 86.7 Å². The Balaban J connectivity index is 1.06. The molecule has 40 heavy (non-hydrogen) atoms. The van der Waals surface area contributed by atoms with Crippen LogP contribution in [-0.4, -0.2) is 62.7 Å². The van der Waals surface area contributed by atoms with Crippen molar-refractivity contribution in [1.82, 2.24) is 9.88 Å². The molecule has 0 N–H and O–H groups in total. The van der Waals surface area contributed by atoms with E-state index in [2.05, 4.69) is 29.2 Å². The molecule has 202 valence electrons. The fourth-order valence-corrected chi connectivity index (χ4v) is 6.25. The molecule has 3 aliphatic heterocycles. The standard InChI is InChI=1S/C31H28N4O5/c1-33-23-12-22(20-6-4-3-5-7-20)25(32-30(23)40-14-24(33)36)21-10-8-19(9-11-21)13-34-15-31(16-34)17-35(18-31)26-27(37)28(38)29(26)39-2/h3-12H,13-18H2,1-2H3. The summed E-state index contributed by atoms with van der Waals surface area (Å²) in [5.74, 6) is 0.561. The average Bonchev–Trinajstić information content (AvgIpc) is 2.94. The van der Waals surface area contributed by atoms with Gasteiger partial charge in [0, 0.05) is 56.3 Å². The van der Waals surface area contributed by atoms with Crippen molar-refractivity contribution < 1.29 is 14.3 Å². The quantitative estimate of drug-likeness (QED) is 0.348. The lowest BCUT2D eigenvalue weighted by molar-refractivity contribution is -0.121. The Morgan fingerprint density at radius 1 is 0.925 bits per heavy atom. The minimum Gasteiger partial charge on any atom is -0.491 e. The summed E-state index contributed by atoms with van der Waals surface area (Å²) >= 11 is 0. The summed E-state index contributed by atoms with van der Waals surface area (Å²) in [6.07, 6.45) is 0. The highest BCUT2D eigenvalue weighted by atomic mass is 16.5. The van der Waals surface area contributed by atoms with Gasteiger partial charge in [-0.15, -0.1) is 0 Å². The van der Waals surface area contributed by atoms with E-state index in [0.717, 1.165) is 55.1 Å². The number of hydrogen-bond acceptors (Lipinski definition) is 8. The zero-order valence-electron chi connectivity index (χ0n) is 22.3. The third-order valence-electron chi connectivity index (χ3n) is 8.29. The van der Waals surface area contributed by atoms with E-state index >= 15 is 0 Å². The number of hydrogen-bond donors (Lipinski definition) is 0. The molecule has 1 spiro atoms. The largest absolute Gasteiger partial charge is 0.491 e. The predicted molar refractivity (Wildman–Crippen MR) is 152 cm³/mol. The maximum absolute atomic E-state index is 12.2. The van der Waals surface area contributed by atoms with Crippen LogP contribution in [0.2, 0.25) is 0 Å². The lowest BCUT2D eigenvalue weighted by atomic mass is 9.72. The lowest BCUT2D eigenvalue weighted by Gasteiger charge is -2.61. The van der Waals surface area contributed by atoms with Crippen LogP contribution >= 0.6 is 0 Å². The fourth-order valence-electron chi connectivity index (χ4n) is 6.25. The average molecular weight is 537 g/mol. The smallest absolute Gasteiger partial charge is 0.272 e. The van der Waals surface area contributed by atoms with Crippen molar-refractivity contribution >= 4 is 17.3 Å². The van der Waals surface area contributed by atoms with E-state index in [1.54, 1.807) is 11.9 Å². The molecule has 3 aliphatic rings. The van der Waals surface area contributed by atoms with Gasteiger partial charge in [0.25, 0.3) is 16.8 Å². The zero-order chi connectivity index (χ0) is 27.6. The Bertz CT molecular complexity index is 1690. The third kappa shape index (κ3) is 3.80. The number of anilines is 2. The van der Waals surface area contributed by atoms with E-state index < -0.39 is 10.9 Å². The molecule has 3 aromatic carbocycles. The Morgan fingerprint density at radius 2 is 1.65 bits per heavy atom. The number of carbonyl (C=O) groups is 1. The number of aromatic nitrogens is 1. The van der Waals surface area contributed by atoms with Crippen LogP contribution in [0, 0.1) is 5.41 Å². The monoisotopic (exact) mass is 536 g/mol. The number of ether oxygens (including phenoxy) is 2. The van der Waals surface area contributed by atoms with Gasteiger partial charge >= 0.3 is 0 Å². The molecule has 0 radical (unpaired) electrons. The van der Waals surface area contributed by atoms with Gasteiger partial charge in [-0.05, 0) is 17.2 Å². The predicted octanol–water partition coefficient (Wildman–Crippen LogP) is 2.70. The number of fused-ring (bicyclic) bond motifs is 1. The fraction of sp³-hybridized carbons (Fsp3) is 0.290. The summed E-state index contributed by atoms with van der Waals surface area (Å²) < 4.78 is 10.8. The molecule has 4 aromatic rings. The first kappa shape index (κ1) is 24.5. The molecule has 0 unspecified atom stereocenters. The molecular weight excluding hydrogens is 508 g/mol. The van der Waals surface area contributed by atoms with Gasteiger partial charge in [0.05, 0.1) is 12.8 Å². The van der Waals surface area contributed by atoms with Crippen molar-refractivity contribution in [3.63, 3.8) is 0 Å². The van der Waals surface area contributed by atoms with Crippen LogP contribution in [-0.2, 0) is 11.3 Å². The SMILES string of the molecule is COc1c(N2CC3(CN(Cc4ccc(-c5nc6c(cc5-c5ccccc5)N(C)C(=O)CO6)cc4)C3)C2)c(=O)c1=O. The molecule has 2 saturated heterocycles. The number of benzene rings is 2. The maximum atomic E-state index is 12.2. The molecule has 0 bridgehead atoms. The minimum absolute atomic E-state index is 0.0196. The maximum Gasteiger partial charge on any atom is 0.272 e. The Kier molecular flexibility index (Phi) is 5.54. The van der Waals surface area contributed by atoms with E-state index in [-0.39, 0.29) is 23.7 Å². The van der Waals surface area contributed by atoms with Crippen molar-refractivity contribution in [1.29, 1.82) is 0 Å². The number of nitrogens with zero attached hydrogens (tertiary/aromatic N) is 4. The second-order valence-electron chi connectivity index (χ2n) is 11.1. The van der Waals surface area contributed by atoms with Crippen LogP contribution in [0.15, 0.2) is 70.3 Å². The van der Waals surface area contributed by atoms with Crippen molar-refractivity contribution in [2.24, 2.45) is 5.41 Å². The number of pyridine rings is 1. The van der Waals surface area contributed by atoms with Crippen LogP contribution in [0.5, 0.6) is 11.6 Å². The zero-order valence-corrected chi connectivity index (χ0v) is 22.3. The number of carbonyl (C=O) groups excluding carboxylic acids is 1. The molecule has 1 aromatic heterocycles. The first-order valence-electron chi connectivity index (χ1n) is 13.3. The molecule has 1 amide bonds. The van der Waals surface area contributed by atoms with Crippen LogP contribution in [0.3, 0.4) is 0 Å². The third-order valence-corrected chi connectivity index (χ3v) is 8.29. The Morgan fingerprint density at radius 3 is 2.35 bits per heavy atom.